The Morgan fingerprint density at radius 2 is 2.00 bits per heavy atom. The second-order valence-electron chi connectivity index (χ2n) is 5.25. The van der Waals surface area contributed by atoms with E-state index >= 15 is 0 Å². The second-order valence-corrected chi connectivity index (χ2v) is 5.25. The largest absolute Gasteiger partial charge is 0.384 e. The van der Waals surface area contributed by atoms with Crippen LogP contribution in [-0.2, 0) is 0 Å². The molecule has 1 aromatic rings. The van der Waals surface area contributed by atoms with E-state index in [0.29, 0.717) is 11.3 Å². The molecular weight excluding hydrogens is 203 g/mol. The normalized spacial score (nSPS) is 11.3. The number of aryl methyl sites for hydroxylation is 1. The molecule has 3 heteroatoms. The molecule has 0 radical (unpaired) electrons. The lowest BCUT2D eigenvalue weighted by Gasteiger charge is -2.20. The molecule has 0 unspecified atom stereocenters. The van der Waals surface area contributed by atoms with Crippen LogP contribution in [0, 0.1) is 23.6 Å². The summed E-state index contributed by atoms with van der Waals surface area (Å²) in [7, 11) is 0. The molecule has 0 spiro atoms. The first-order chi connectivity index (χ1) is 7.33. The molecule has 0 atom stereocenters. The van der Waals surface area contributed by atoms with Crippen LogP contribution in [0.4, 0.5) is 10.1 Å². The first-order valence-electron chi connectivity index (χ1n) is 5.38. The first-order valence-corrected chi connectivity index (χ1v) is 5.38. The van der Waals surface area contributed by atoms with E-state index in [-0.39, 0.29) is 11.2 Å². The number of rotatable bonds is 3. The molecule has 1 rings (SSSR count). The van der Waals surface area contributed by atoms with Crippen molar-refractivity contribution < 1.29 is 4.39 Å². The highest BCUT2D eigenvalue weighted by Crippen LogP contribution is 2.21. The number of benzene rings is 1. The van der Waals surface area contributed by atoms with Crippen LogP contribution in [0.15, 0.2) is 12.1 Å². The van der Waals surface area contributed by atoms with Gasteiger partial charge in [-0.1, -0.05) is 20.8 Å². The number of hydrogen-bond acceptors (Lipinski definition) is 2. The Labute approximate surface area is 96.4 Å². The first kappa shape index (κ1) is 12.7. The highest BCUT2D eigenvalue weighted by atomic mass is 19.1. The number of halogens is 1. The fourth-order valence-corrected chi connectivity index (χ4v) is 1.34. The average Bonchev–Trinajstić information content (AvgIpc) is 2.18. The monoisotopic (exact) mass is 222 g/mol. The molecule has 2 N–H and O–H groups in total. The van der Waals surface area contributed by atoms with Gasteiger partial charge in [0.2, 0.25) is 0 Å². The molecule has 2 nitrogen and oxygen atoms in total. The zero-order valence-electron chi connectivity index (χ0n) is 10.3. The summed E-state index contributed by atoms with van der Waals surface area (Å²) in [6, 6.07) is 3.15. The Morgan fingerprint density at radius 3 is 2.50 bits per heavy atom. The van der Waals surface area contributed by atoms with Gasteiger partial charge >= 0.3 is 0 Å². The Morgan fingerprint density at radius 1 is 1.38 bits per heavy atom. The minimum Gasteiger partial charge on any atom is -0.384 e. The molecule has 0 aromatic heterocycles. The lowest BCUT2D eigenvalue weighted by Crippen LogP contribution is -2.19. The number of anilines is 1. The third-order valence-corrected chi connectivity index (χ3v) is 2.30. The van der Waals surface area contributed by atoms with Gasteiger partial charge < -0.3 is 10.7 Å². The molecule has 0 bridgehead atoms. The van der Waals surface area contributed by atoms with Gasteiger partial charge in [0.25, 0.3) is 0 Å². The highest BCUT2D eigenvalue weighted by Gasteiger charge is 2.11. The predicted molar refractivity (Wildman–Crippen MR) is 67.0 cm³/mol. The Balaban J connectivity index is 2.95. The lowest BCUT2D eigenvalue weighted by atomic mass is 9.96. The summed E-state index contributed by atoms with van der Waals surface area (Å²) in [4.78, 5) is 0. The third-order valence-electron chi connectivity index (χ3n) is 2.30. The summed E-state index contributed by atoms with van der Waals surface area (Å²) in [6.07, 6.45) is 1.25. The summed E-state index contributed by atoms with van der Waals surface area (Å²) < 4.78 is 13.4. The Kier molecular flexibility index (Phi) is 3.68. The second kappa shape index (κ2) is 4.64. The molecule has 0 heterocycles. The van der Waals surface area contributed by atoms with E-state index in [4.69, 9.17) is 5.41 Å². The topological polar surface area (TPSA) is 35.9 Å². The van der Waals surface area contributed by atoms with Gasteiger partial charge in [0.1, 0.15) is 5.82 Å². The Hall–Kier alpha value is -1.38. The van der Waals surface area contributed by atoms with Crippen molar-refractivity contribution in [3.05, 3.63) is 29.1 Å². The average molecular weight is 222 g/mol. The van der Waals surface area contributed by atoms with Crippen LogP contribution >= 0.6 is 0 Å². The van der Waals surface area contributed by atoms with E-state index in [2.05, 4.69) is 26.1 Å². The van der Waals surface area contributed by atoms with Gasteiger partial charge in [-0.3, -0.25) is 0 Å². The SMILES string of the molecule is Cc1cc(C=N)c(NCC(C)(C)C)cc1F. The zero-order chi connectivity index (χ0) is 12.3. The van der Waals surface area contributed by atoms with E-state index in [1.54, 1.807) is 13.0 Å². The van der Waals surface area contributed by atoms with E-state index < -0.39 is 0 Å². The summed E-state index contributed by atoms with van der Waals surface area (Å²) in [5, 5.41) is 10.5. The van der Waals surface area contributed by atoms with Crippen LogP contribution < -0.4 is 5.32 Å². The van der Waals surface area contributed by atoms with E-state index in [1.165, 1.54) is 12.3 Å². The molecule has 1 aromatic carbocycles. The van der Waals surface area contributed by atoms with Gasteiger partial charge in [-0.25, -0.2) is 4.39 Å². The number of hydrogen-bond donors (Lipinski definition) is 2. The fraction of sp³-hybridized carbons (Fsp3) is 0.462. The van der Waals surface area contributed by atoms with Crippen molar-refractivity contribution >= 4 is 11.9 Å². The summed E-state index contributed by atoms with van der Waals surface area (Å²) in [5.41, 5.74) is 2.11. The van der Waals surface area contributed by atoms with Gasteiger partial charge in [-0.15, -0.1) is 0 Å². The van der Waals surface area contributed by atoms with Crippen molar-refractivity contribution in [2.75, 3.05) is 11.9 Å². The summed E-state index contributed by atoms with van der Waals surface area (Å²) in [6.45, 7) is 8.77. The van der Waals surface area contributed by atoms with Crippen molar-refractivity contribution in [3.63, 3.8) is 0 Å². The van der Waals surface area contributed by atoms with Crippen molar-refractivity contribution in [2.45, 2.75) is 27.7 Å². The molecule has 0 saturated carbocycles. The van der Waals surface area contributed by atoms with Crippen molar-refractivity contribution in [1.82, 2.24) is 0 Å². The van der Waals surface area contributed by atoms with E-state index in [9.17, 15) is 4.39 Å². The van der Waals surface area contributed by atoms with Crippen LogP contribution in [0.2, 0.25) is 0 Å². The minimum atomic E-state index is -0.234. The maximum absolute atomic E-state index is 13.4. The molecule has 0 aliphatic heterocycles. The summed E-state index contributed by atoms with van der Waals surface area (Å²) >= 11 is 0. The maximum atomic E-state index is 13.4. The van der Waals surface area contributed by atoms with Crippen LogP contribution in [-0.4, -0.2) is 12.8 Å². The third kappa shape index (κ3) is 3.33. The smallest absolute Gasteiger partial charge is 0.128 e. The minimum absolute atomic E-state index is 0.126. The van der Waals surface area contributed by atoms with Crippen LogP contribution in [0.3, 0.4) is 0 Å². The van der Waals surface area contributed by atoms with Crippen LogP contribution in [0.25, 0.3) is 0 Å². The molecule has 0 saturated heterocycles. The molecule has 0 aliphatic carbocycles. The lowest BCUT2D eigenvalue weighted by molar-refractivity contribution is 0.443. The van der Waals surface area contributed by atoms with Crippen molar-refractivity contribution in [3.8, 4) is 0 Å². The van der Waals surface area contributed by atoms with Gasteiger partial charge in [-0.2, -0.15) is 0 Å². The molecule has 0 fully saturated rings. The van der Waals surface area contributed by atoms with Gasteiger partial charge in [0.05, 0.1) is 0 Å². The van der Waals surface area contributed by atoms with Gasteiger partial charge in [-0.05, 0) is 30.0 Å². The van der Waals surface area contributed by atoms with Crippen LogP contribution in [0.5, 0.6) is 0 Å². The van der Waals surface area contributed by atoms with E-state index in [0.717, 1.165) is 12.1 Å². The Bertz CT molecular complexity index is 392. The van der Waals surface area contributed by atoms with Crippen molar-refractivity contribution in [2.24, 2.45) is 5.41 Å². The predicted octanol–water partition coefficient (Wildman–Crippen LogP) is 3.59. The molecule has 88 valence electrons. The standard InChI is InChI=1S/C13H19FN2/c1-9-5-10(7-15)12(6-11(9)14)16-8-13(2,3)4/h5-7,15-16H,8H2,1-4H3. The van der Waals surface area contributed by atoms with Crippen molar-refractivity contribution in [1.29, 1.82) is 5.41 Å². The molecular formula is C13H19FN2. The quantitative estimate of drug-likeness (QED) is 0.753. The zero-order valence-corrected chi connectivity index (χ0v) is 10.3. The van der Waals surface area contributed by atoms with Gasteiger partial charge in [0, 0.05) is 24.0 Å². The fourth-order valence-electron chi connectivity index (χ4n) is 1.34. The molecule has 0 amide bonds. The van der Waals surface area contributed by atoms with E-state index in [1.807, 2.05) is 0 Å². The summed E-state index contributed by atoms with van der Waals surface area (Å²) in [5.74, 6) is -0.234. The number of nitrogens with one attached hydrogen (secondary N) is 2. The molecule has 0 aliphatic rings. The van der Waals surface area contributed by atoms with Gasteiger partial charge in [0.15, 0.2) is 0 Å². The van der Waals surface area contributed by atoms with Crippen LogP contribution in [0.1, 0.15) is 31.9 Å². The highest BCUT2D eigenvalue weighted by molar-refractivity contribution is 5.86. The molecule has 16 heavy (non-hydrogen) atoms. The maximum Gasteiger partial charge on any atom is 0.128 e.